The molecule has 5 nitrogen and oxygen atoms in total. The molecule has 0 spiro atoms. The Kier molecular flexibility index (Phi) is 5.52. The topological polar surface area (TPSA) is 43.9 Å². The van der Waals surface area contributed by atoms with Crippen molar-refractivity contribution >= 4 is 15.7 Å². The van der Waals surface area contributed by atoms with Gasteiger partial charge in [-0.3, -0.25) is 4.90 Å². The Labute approximate surface area is 184 Å². The van der Waals surface area contributed by atoms with E-state index < -0.39 is 10.0 Å². The minimum Gasteiger partial charge on any atom is -0.369 e. The van der Waals surface area contributed by atoms with E-state index in [1.807, 2.05) is 42.5 Å². The molecule has 0 unspecified atom stereocenters. The molecule has 0 bridgehead atoms. The van der Waals surface area contributed by atoms with E-state index in [1.165, 1.54) is 5.69 Å². The average molecular weight is 434 g/mol. The summed E-state index contributed by atoms with van der Waals surface area (Å²) in [5, 5.41) is 0. The van der Waals surface area contributed by atoms with Gasteiger partial charge in [0.05, 0.1) is 4.90 Å². The molecule has 0 atom stereocenters. The molecule has 160 valence electrons. The molecule has 0 aromatic heterocycles. The molecule has 5 rings (SSSR count). The summed E-state index contributed by atoms with van der Waals surface area (Å²) in [5.74, 6) is 0. The van der Waals surface area contributed by atoms with Crippen LogP contribution in [-0.2, 0) is 29.7 Å². The molecule has 2 heterocycles. The summed E-state index contributed by atoms with van der Waals surface area (Å²) >= 11 is 0. The van der Waals surface area contributed by atoms with Crippen LogP contribution in [0.4, 0.5) is 5.69 Å². The van der Waals surface area contributed by atoms with E-state index in [4.69, 9.17) is 0 Å². The molecule has 3 aromatic rings. The maximum atomic E-state index is 13.1. The van der Waals surface area contributed by atoms with Crippen LogP contribution in [0.5, 0.6) is 0 Å². The lowest BCUT2D eigenvalue weighted by atomic mass is 10.1. The number of anilines is 1. The van der Waals surface area contributed by atoms with Gasteiger partial charge in [0, 0.05) is 51.5 Å². The molecule has 0 radical (unpaired) electrons. The number of hydrogen-bond donors (Lipinski definition) is 0. The fraction of sp³-hybridized carbons (Fsp3) is 0.280. The summed E-state index contributed by atoms with van der Waals surface area (Å²) in [6.07, 6.45) is 0. The van der Waals surface area contributed by atoms with Gasteiger partial charge in [0.25, 0.3) is 0 Å². The van der Waals surface area contributed by atoms with E-state index in [0.29, 0.717) is 18.0 Å². The van der Waals surface area contributed by atoms with E-state index in [2.05, 4.69) is 34.1 Å². The first-order valence-electron chi connectivity index (χ1n) is 10.8. The SMILES string of the molecule is O=S(=O)(c1ccc(CN2CCN(c3ccccc3)CC2)cc1)N1Cc2ccccc2C1. The van der Waals surface area contributed by atoms with Crippen LogP contribution in [0.1, 0.15) is 16.7 Å². The predicted molar refractivity (Wildman–Crippen MR) is 123 cm³/mol. The van der Waals surface area contributed by atoms with Gasteiger partial charge in [0.1, 0.15) is 0 Å². The number of sulfonamides is 1. The molecular formula is C25H27N3O2S. The van der Waals surface area contributed by atoms with Gasteiger partial charge in [-0.15, -0.1) is 0 Å². The van der Waals surface area contributed by atoms with Crippen molar-refractivity contribution in [2.75, 3.05) is 31.1 Å². The molecule has 6 heteroatoms. The monoisotopic (exact) mass is 433 g/mol. The molecule has 2 aliphatic rings. The predicted octanol–water partition coefficient (Wildman–Crippen LogP) is 3.71. The first kappa shape index (κ1) is 20.2. The second-order valence-corrected chi connectivity index (χ2v) is 10.2. The van der Waals surface area contributed by atoms with Crippen molar-refractivity contribution in [2.24, 2.45) is 0 Å². The highest BCUT2D eigenvalue weighted by Gasteiger charge is 2.30. The Morgan fingerprint density at radius 1 is 0.677 bits per heavy atom. The summed E-state index contributed by atoms with van der Waals surface area (Å²) in [7, 11) is -3.48. The number of piperazine rings is 1. The van der Waals surface area contributed by atoms with Gasteiger partial charge in [-0.1, -0.05) is 54.6 Å². The number of benzene rings is 3. The van der Waals surface area contributed by atoms with E-state index in [-0.39, 0.29) is 0 Å². The molecule has 0 amide bonds. The first-order chi connectivity index (χ1) is 15.1. The number of nitrogens with zero attached hydrogens (tertiary/aromatic N) is 3. The van der Waals surface area contributed by atoms with Crippen LogP contribution in [0.2, 0.25) is 0 Å². The highest BCUT2D eigenvalue weighted by Crippen LogP contribution is 2.28. The largest absolute Gasteiger partial charge is 0.369 e. The number of hydrogen-bond acceptors (Lipinski definition) is 4. The first-order valence-corrected chi connectivity index (χ1v) is 12.2. The zero-order chi connectivity index (χ0) is 21.3. The van der Waals surface area contributed by atoms with Gasteiger partial charge in [-0.25, -0.2) is 8.42 Å². The zero-order valence-electron chi connectivity index (χ0n) is 17.5. The minimum absolute atomic E-state index is 0.373. The van der Waals surface area contributed by atoms with Crippen LogP contribution < -0.4 is 4.90 Å². The zero-order valence-corrected chi connectivity index (χ0v) is 18.3. The Morgan fingerprint density at radius 3 is 1.87 bits per heavy atom. The normalized spacial score (nSPS) is 17.6. The van der Waals surface area contributed by atoms with Crippen molar-refractivity contribution in [3.8, 4) is 0 Å². The highest BCUT2D eigenvalue weighted by molar-refractivity contribution is 7.89. The number of fused-ring (bicyclic) bond motifs is 1. The number of rotatable bonds is 5. The Morgan fingerprint density at radius 2 is 1.26 bits per heavy atom. The summed E-state index contributed by atoms with van der Waals surface area (Å²) in [5.41, 5.74) is 4.62. The average Bonchev–Trinajstić information content (AvgIpc) is 3.26. The summed E-state index contributed by atoms with van der Waals surface area (Å²) in [6, 6.07) is 25.9. The molecule has 3 aromatic carbocycles. The van der Waals surface area contributed by atoms with E-state index in [0.717, 1.165) is 49.4 Å². The van der Waals surface area contributed by atoms with E-state index in [1.54, 1.807) is 16.4 Å². The third-order valence-electron chi connectivity index (χ3n) is 6.27. The minimum atomic E-state index is -3.48. The number of para-hydroxylation sites is 1. The van der Waals surface area contributed by atoms with E-state index >= 15 is 0 Å². The lowest BCUT2D eigenvalue weighted by Crippen LogP contribution is -2.45. The lowest BCUT2D eigenvalue weighted by Gasteiger charge is -2.36. The van der Waals surface area contributed by atoms with Crippen molar-refractivity contribution in [3.63, 3.8) is 0 Å². The quantitative estimate of drug-likeness (QED) is 0.615. The Hall–Kier alpha value is -2.67. The van der Waals surface area contributed by atoms with Crippen LogP contribution in [0.25, 0.3) is 0 Å². The van der Waals surface area contributed by atoms with Gasteiger partial charge in [0.15, 0.2) is 0 Å². The molecule has 1 saturated heterocycles. The van der Waals surface area contributed by atoms with Crippen molar-refractivity contribution in [1.29, 1.82) is 0 Å². The van der Waals surface area contributed by atoms with Crippen LogP contribution >= 0.6 is 0 Å². The van der Waals surface area contributed by atoms with E-state index in [9.17, 15) is 8.42 Å². The molecular weight excluding hydrogens is 406 g/mol. The maximum Gasteiger partial charge on any atom is 0.243 e. The third kappa shape index (κ3) is 4.24. The third-order valence-corrected chi connectivity index (χ3v) is 8.08. The van der Waals surface area contributed by atoms with Gasteiger partial charge in [-0.2, -0.15) is 4.31 Å². The molecule has 0 aliphatic carbocycles. The highest BCUT2D eigenvalue weighted by atomic mass is 32.2. The lowest BCUT2D eigenvalue weighted by molar-refractivity contribution is 0.250. The maximum absolute atomic E-state index is 13.1. The second kappa shape index (κ2) is 8.46. The van der Waals surface area contributed by atoms with Crippen LogP contribution in [-0.4, -0.2) is 43.8 Å². The second-order valence-electron chi connectivity index (χ2n) is 8.28. The summed E-state index contributed by atoms with van der Waals surface area (Å²) < 4.78 is 27.7. The smallest absolute Gasteiger partial charge is 0.243 e. The van der Waals surface area contributed by atoms with Crippen molar-refractivity contribution in [2.45, 2.75) is 24.5 Å². The van der Waals surface area contributed by atoms with Gasteiger partial charge < -0.3 is 4.90 Å². The van der Waals surface area contributed by atoms with Crippen molar-refractivity contribution < 1.29 is 8.42 Å². The molecule has 2 aliphatic heterocycles. The van der Waals surface area contributed by atoms with Crippen LogP contribution in [0.15, 0.2) is 83.8 Å². The standard InChI is InChI=1S/C25H27N3O2S/c29-31(30,28-19-22-6-4-5-7-23(22)20-28)25-12-10-21(11-13-25)18-26-14-16-27(17-15-26)24-8-2-1-3-9-24/h1-13H,14-20H2. The van der Waals surface area contributed by atoms with Crippen LogP contribution in [0.3, 0.4) is 0 Å². The van der Waals surface area contributed by atoms with Gasteiger partial charge >= 0.3 is 0 Å². The van der Waals surface area contributed by atoms with Crippen LogP contribution in [0, 0.1) is 0 Å². The summed E-state index contributed by atoms with van der Waals surface area (Å²) in [6.45, 7) is 5.76. The molecule has 0 saturated carbocycles. The van der Waals surface area contributed by atoms with Gasteiger partial charge in [-0.05, 0) is 41.0 Å². The fourth-order valence-electron chi connectivity index (χ4n) is 4.45. The van der Waals surface area contributed by atoms with Gasteiger partial charge in [0.2, 0.25) is 10.0 Å². The van der Waals surface area contributed by atoms with Crippen molar-refractivity contribution in [1.82, 2.24) is 9.21 Å². The molecule has 1 fully saturated rings. The fourth-order valence-corrected chi connectivity index (χ4v) is 5.85. The Bertz CT molecular complexity index is 1110. The Balaban J connectivity index is 1.20. The van der Waals surface area contributed by atoms with Crippen molar-refractivity contribution in [3.05, 3.63) is 95.6 Å². The summed E-state index contributed by atoms with van der Waals surface area (Å²) in [4.78, 5) is 5.22. The molecule has 0 N–H and O–H groups in total. The molecule has 31 heavy (non-hydrogen) atoms.